The fraction of sp³-hybridized carbons (Fsp3) is 0.118. The Morgan fingerprint density at radius 3 is 2.48 bits per heavy atom. The largest absolute Gasteiger partial charge is 0.394 e. The molecule has 0 bridgehead atoms. The third-order valence-electron chi connectivity index (χ3n) is 3.02. The number of halogens is 1. The van der Waals surface area contributed by atoms with E-state index in [0.29, 0.717) is 5.56 Å². The zero-order valence-corrected chi connectivity index (χ0v) is 11.4. The van der Waals surface area contributed by atoms with Crippen molar-refractivity contribution in [3.05, 3.63) is 77.6 Å². The van der Waals surface area contributed by atoms with Gasteiger partial charge in [0.1, 0.15) is 5.82 Å². The van der Waals surface area contributed by atoms with Crippen LogP contribution in [-0.2, 0) is 4.79 Å². The number of hydrogen-bond acceptors (Lipinski definition) is 2. The molecule has 0 aromatic heterocycles. The Labute approximate surface area is 122 Å². The quantitative estimate of drug-likeness (QED) is 0.830. The number of aliphatic hydroxyl groups excluding tert-OH is 1. The lowest BCUT2D eigenvalue weighted by Gasteiger charge is -2.15. The van der Waals surface area contributed by atoms with E-state index in [2.05, 4.69) is 5.32 Å². The Bertz CT molecular complexity index is 626. The van der Waals surface area contributed by atoms with Crippen molar-refractivity contribution in [2.24, 2.45) is 0 Å². The number of nitrogens with one attached hydrogen (secondary N) is 1. The van der Waals surface area contributed by atoms with Gasteiger partial charge in [-0.05, 0) is 17.7 Å². The molecule has 3 nitrogen and oxygen atoms in total. The zero-order chi connectivity index (χ0) is 15.1. The molecule has 0 aliphatic rings. The molecule has 0 radical (unpaired) electrons. The van der Waals surface area contributed by atoms with Crippen LogP contribution in [0.3, 0.4) is 0 Å². The van der Waals surface area contributed by atoms with E-state index >= 15 is 0 Å². The van der Waals surface area contributed by atoms with Crippen LogP contribution in [0.2, 0.25) is 0 Å². The average Bonchev–Trinajstić information content (AvgIpc) is 2.52. The van der Waals surface area contributed by atoms with Gasteiger partial charge in [0.2, 0.25) is 5.91 Å². The first kappa shape index (κ1) is 14.9. The van der Waals surface area contributed by atoms with Crippen LogP contribution in [0.25, 0.3) is 6.08 Å². The smallest absolute Gasteiger partial charge is 0.244 e. The highest BCUT2D eigenvalue weighted by Crippen LogP contribution is 2.12. The second-order valence-corrected chi connectivity index (χ2v) is 4.51. The van der Waals surface area contributed by atoms with E-state index < -0.39 is 6.04 Å². The van der Waals surface area contributed by atoms with Crippen LogP contribution < -0.4 is 5.32 Å². The lowest BCUT2D eigenvalue weighted by atomic mass is 10.1. The Balaban J connectivity index is 2.02. The first-order valence-electron chi connectivity index (χ1n) is 6.59. The van der Waals surface area contributed by atoms with Crippen LogP contribution in [-0.4, -0.2) is 17.6 Å². The number of hydrogen-bond donors (Lipinski definition) is 2. The van der Waals surface area contributed by atoms with Gasteiger partial charge in [0.05, 0.1) is 12.6 Å². The summed E-state index contributed by atoms with van der Waals surface area (Å²) in [6.07, 6.45) is 2.66. The van der Waals surface area contributed by atoms with E-state index in [1.807, 2.05) is 30.3 Å². The summed E-state index contributed by atoms with van der Waals surface area (Å²) in [5.74, 6) is -0.774. The number of aliphatic hydroxyl groups is 1. The van der Waals surface area contributed by atoms with Crippen LogP contribution >= 0.6 is 0 Å². The van der Waals surface area contributed by atoms with E-state index in [1.54, 1.807) is 18.2 Å². The Morgan fingerprint density at radius 2 is 1.81 bits per heavy atom. The van der Waals surface area contributed by atoms with Crippen molar-refractivity contribution in [1.82, 2.24) is 5.32 Å². The fourth-order valence-electron chi connectivity index (χ4n) is 1.92. The van der Waals surface area contributed by atoms with Crippen LogP contribution in [0.5, 0.6) is 0 Å². The number of rotatable bonds is 5. The normalized spacial score (nSPS) is 12.3. The molecule has 0 heterocycles. The van der Waals surface area contributed by atoms with Crippen molar-refractivity contribution in [2.75, 3.05) is 6.61 Å². The van der Waals surface area contributed by atoms with Gasteiger partial charge in [-0.3, -0.25) is 4.79 Å². The summed E-state index contributed by atoms with van der Waals surface area (Å²) in [4.78, 5) is 11.8. The van der Waals surface area contributed by atoms with Gasteiger partial charge in [-0.15, -0.1) is 0 Å². The zero-order valence-electron chi connectivity index (χ0n) is 11.4. The van der Waals surface area contributed by atoms with Gasteiger partial charge in [0.25, 0.3) is 0 Å². The second kappa shape index (κ2) is 7.36. The fourth-order valence-corrected chi connectivity index (χ4v) is 1.92. The SMILES string of the molecule is O=C(C=Cc1ccccc1F)NC(CO)c1ccccc1. The summed E-state index contributed by atoms with van der Waals surface area (Å²) in [6.45, 7) is -0.205. The van der Waals surface area contributed by atoms with Crippen LogP contribution in [0.1, 0.15) is 17.2 Å². The van der Waals surface area contributed by atoms with Gasteiger partial charge in [-0.2, -0.15) is 0 Å². The van der Waals surface area contributed by atoms with Crippen molar-refractivity contribution in [3.63, 3.8) is 0 Å². The number of carbonyl (C=O) groups is 1. The van der Waals surface area contributed by atoms with Crippen LogP contribution in [0, 0.1) is 5.82 Å². The minimum absolute atomic E-state index is 0.205. The Morgan fingerprint density at radius 1 is 1.14 bits per heavy atom. The first-order chi connectivity index (χ1) is 10.2. The number of amides is 1. The minimum atomic E-state index is -0.482. The lowest BCUT2D eigenvalue weighted by Crippen LogP contribution is -2.29. The summed E-state index contributed by atoms with van der Waals surface area (Å²) < 4.78 is 13.4. The highest BCUT2D eigenvalue weighted by atomic mass is 19.1. The summed E-state index contributed by atoms with van der Waals surface area (Å²) >= 11 is 0. The van der Waals surface area contributed by atoms with Crippen LogP contribution in [0.15, 0.2) is 60.7 Å². The molecule has 2 N–H and O–H groups in total. The average molecular weight is 285 g/mol. The molecule has 0 fully saturated rings. The molecular formula is C17H16FNO2. The Hall–Kier alpha value is -2.46. The van der Waals surface area contributed by atoms with Gasteiger partial charge in [0.15, 0.2) is 0 Å². The maximum Gasteiger partial charge on any atom is 0.244 e. The molecule has 0 aliphatic heterocycles. The monoisotopic (exact) mass is 285 g/mol. The maximum absolute atomic E-state index is 13.4. The molecule has 108 valence electrons. The molecule has 1 amide bonds. The second-order valence-electron chi connectivity index (χ2n) is 4.51. The van der Waals surface area contributed by atoms with Crippen LogP contribution in [0.4, 0.5) is 4.39 Å². The maximum atomic E-state index is 13.4. The highest BCUT2D eigenvalue weighted by molar-refractivity contribution is 5.92. The molecule has 0 aliphatic carbocycles. The van der Waals surface area contributed by atoms with E-state index in [0.717, 1.165) is 5.56 Å². The molecular weight excluding hydrogens is 269 g/mol. The molecule has 0 saturated heterocycles. The molecule has 4 heteroatoms. The van der Waals surface area contributed by atoms with Gasteiger partial charge < -0.3 is 10.4 Å². The van der Waals surface area contributed by atoms with Gasteiger partial charge in [0, 0.05) is 11.6 Å². The molecule has 2 aromatic carbocycles. The highest BCUT2D eigenvalue weighted by Gasteiger charge is 2.11. The Kier molecular flexibility index (Phi) is 5.23. The topological polar surface area (TPSA) is 49.3 Å². The van der Waals surface area contributed by atoms with Crippen molar-refractivity contribution in [1.29, 1.82) is 0 Å². The van der Waals surface area contributed by atoms with E-state index in [9.17, 15) is 14.3 Å². The van der Waals surface area contributed by atoms with Gasteiger partial charge in [-0.1, -0.05) is 48.5 Å². The molecule has 2 rings (SSSR count). The molecule has 0 saturated carbocycles. The third kappa shape index (κ3) is 4.26. The minimum Gasteiger partial charge on any atom is -0.394 e. The van der Waals surface area contributed by atoms with Crippen molar-refractivity contribution < 1.29 is 14.3 Å². The van der Waals surface area contributed by atoms with Crippen molar-refractivity contribution >= 4 is 12.0 Å². The summed E-state index contributed by atoms with van der Waals surface area (Å²) in [5.41, 5.74) is 1.15. The molecule has 2 aromatic rings. The standard InChI is InChI=1S/C17H16FNO2/c18-15-9-5-4-6-13(15)10-11-17(21)19-16(12-20)14-7-2-1-3-8-14/h1-11,16,20H,12H2,(H,19,21). The van der Waals surface area contributed by atoms with Gasteiger partial charge >= 0.3 is 0 Å². The van der Waals surface area contributed by atoms with Crippen molar-refractivity contribution in [2.45, 2.75) is 6.04 Å². The van der Waals surface area contributed by atoms with E-state index in [1.165, 1.54) is 18.2 Å². The molecule has 1 unspecified atom stereocenters. The molecule has 0 spiro atoms. The lowest BCUT2D eigenvalue weighted by molar-refractivity contribution is -0.117. The summed E-state index contributed by atoms with van der Waals surface area (Å²) in [6, 6.07) is 14.9. The predicted molar refractivity (Wildman–Crippen MR) is 79.8 cm³/mol. The molecule has 21 heavy (non-hydrogen) atoms. The van der Waals surface area contributed by atoms with Crippen molar-refractivity contribution in [3.8, 4) is 0 Å². The molecule has 1 atom stereocenters. The predicted octanol–water partition coefficient (Wildman–Crippen LogP) is 2.69. The third-order valence-corrected chi connectivity index (χ3v) is 3.02. The first-order valence-corrected chi connectivity index (χ1v) is 6.59. The van der Waals surface area contributed by atoms with E-state index in [-0.39, 0.29) is 18.3 Å². The number of benzene rings is 2. The van der Waals surface area contributed by atoms with E-state index in [4.69, 9.17) is 0 Å². The summed E-state index contributed by atoms with van der Waals surface area (Å²) in [7, 11) is 0. The summed E-state index contributed by atoms with van der Waals surface area (Å²) in [5, 5.41) is 12.0. The number of carbonyl (C=O) groups excluding carboxylic acids is 1. The van der Waals surface area contributed by atoms with Gasteiger partial charge in [-0.25, -0.2) is 4.39 Å².